The first-order valence-electron chi connectivity index (χ1n) is 10.1. The zero-order chi connectivity index (χ0) is 24.1. The van der Waals surface area contributed by atoms with E-state index in [4.69, 9.17) is 9.47 Å². The Kier molecular flexibility index (Phi) is 6.83. The van der Waals surface area contributed by atoms with Gasteiger partial charge in [0.2, 0.25) is 4.80 Å². The number of alkyl halides is 3. The van der Waals surface area contributed by atoms with Gasteiger partial charge < -0.3 is 9.47 Å². The Bertz CT molecular complexity index is 1380. The summed E-state index contributed by atoms with van der Waals surface area (Å²) in [4.78, 5) is 0.418. The molecule has 0 aliphatic carbocycles. The van der Waals surface area contributed by atoms with Gasteiger partial charge >= 0.3 is 6.18 Å². The van der Waals surface area contributed by atoms with Gasteiger partial charge in [-0.2, -0.15) is 18.3 Å². The maximum atomic E-state index is 13.4. The van der Waals surface area contributed by atoms with E-state index in [2.05, 4.69) is 10.2 Å². The maximum Gasteiger partial charge on any atom is 0.416 e. The molecule has 0 radical (unpaired) electrons. The van der Waals surface area contributed by atoms with Crippen LogP contribution in [0.3, 0.4) is 0 Å². The summed E-state index contributed by atoms with van der Waals surface area (Å²) >= 11 is 1.28. The summed E-state index contributed by atoms with van der Waals surface area (Å²) in [7, 11) is 3.10. The fourth-order valence-corrected chi connectivity index (χ4v) is 4.19. The lowest BCUT2D eigenvalue weighted by Crippen LogP contribution is -2.15. The molecule has 0 aliphatic heterocycles. The lowest BCUT2D eigenvalue weighted by atomic mass is 10.1. The van der Waals surface area contributed by atoms with Gasteiger partial charge in [-0.3, -0.25) is 4.57 Å². The number of benzene rings is 3. The second-order valence-corrected chi connectivity index (χ2v) is 7.94. The number of hydrogen-bond acceptors (Lipinski definition) is 5. The average Bonchev–Trinajstić information content (AvgIpc) is 3.28. The molecule has 5 nitrogen and oxygen atoms in total. The largest absolute Gasteiger partial charge is 0.497 e. The van der Waals surface area contributed by atoms with Crippen LogP contribution in [0.5, 0.6) is 11.5 Å². The molecule has 0 saturated carbocycles. The molecule has 3 aromatic carbocycles. The predicted molar refractivity (Wildman–Crippen MR) is 127 cm³/mol. The van der Waals surface area contributed by atoms with E-state index in [1.807, 2.05) is 35.7 Å². The molecule has 1 heterocycles. The number of thiazole rings is 1. The van der Waals surface area contributed by atoms with Crippen LogP contribution in [0.2, 0.25) is 0 Å². The normalized spacial score (nSPS) is 12.3. The fraction of sp³-hybridized carbons (Fsp3) is 0.120. The van der Waals surface area contributed by atoms with Crippen molar-refractivity contribution in [3.63, 3.8) is 0 Å². The smallest absolute Gasteiger partial charge is 0.416 e. The molecule has 0 fully saturated rings. The third-order valence-corrected chi connectivity index (χ3v) is 5.81. The Morgan fingerprint density at radius 3 is 2.41 bits per heavy atom. The van der Waals surface area contributed by atoms with E-state index >= 15 is 0 Å². The molecule has 4 aromatic rings. The quantitative estimate of drug-likeness (QED) is 0.243. The summed E-state index contributed by atoms with van der Waals surface area (Å²) in [6.07, 6.45) is -2.93. The number of aromatic nitrogens is 1. The highest BCUT2D eigenvalue weighted by molar-refractivity contribution is 7.07. The minimum atomic E-state index is -4.46. The molecule has 34 heavy (non-hydrogen) atoms. The zero-order valence-electron chi connectivity index (χ0n) is 18.3. The van der Waals surface area contributed by atoms with Gasteiger partial charge in [0, 0.05) is 22.7 Å². The first kappa shape index (κ1) is 23.3. The van der Waals surface area contributed by atoms with Gasteiger partial charge in [-0.25, -0.2) is 0 Å². The predicted octanol–water partition coefficient (Wildman–Crippen LogP) is 6.18. The van der Waals surface area contributed by atoms with E-state index in [0.717, 1.165) is 17.7 Å². The van der Waals surface area contributed by atoms with E-state index in [-0.39, 0.29) is 0 Å². The van der Waals surface area contributed by atoms with Crippen LogP contribution >= 0.6 is 11.3 Å². The number of halogens is 3. The number of nitrogens with zero attached hydrogens (tertiary/aromatic N) is 3. The number of ether oxygens (including phenoxy) is 2. The average molecular weight is 484 g/mol. The lowest BCUT2D eigenvalue weighted by molar-refractivity contribution is -0.137. The summed E-state index contributed by atoms with van der Waals surface area (Å²) in [5.74, 6) is 1.19. The Hall–Kier alpha value is -3.85. The molecule has 0 aliphatic rings. The molecule has 9 heteroatoms. The van der Waals surface area contributed by atoms with Crippen LogP contribution in [-0.4, -0.2) is 25.0 Å². The molecule has 0 spiro atoms. The van der Waals surface area contributed by atoms with Crippen molar-refractivity contribution in [2.75, 3.05) is 14.2 Å². The van der Waals surface area contributed by atoms with Gasteiger partial charge in [-0.05, 0) is 35.9 Å². The molecule has 0 bridgehead atoms. The van der Waals surface area contributed by atoms with Crippen LogP contribution in [0.1, 0.15) is 11.1 Å². The van der Waals surface area contributed by atoms with E-state index in [1.165, 1.54) is 30.7 Å². The van der Waals surface area contributed by atoms with Crippen molar-refractivity contribution in [1.82, 2.24) is 4.57 Å². The van der Waals surface area contributed by atoms with Crippen molar-refractivity contribution >= 4 is 17.6 Å². The molecule has 4 rings (SSSR count). The molecular weight excluding hydrogens is 463 g/mol. The topological polar surface area (TPSA) is 48.1 Å². The van der Waals surface area contributed by atoms with Crippen molar-refractivity contribution < 1.29 is 22.6 Å². The SMILES string of the molecule is COc1ccc(/C=N/N=c2/scc(-c3ccccc3)n2-c2cccc(C(F)(F)F)c2)c(OC)c1. The van der Waals surface area contributed by atoms with Gasteiger partial charge in [-0.1, -0.05) is 36.4 Å². The van der Waals surface area contributed by atoms with Crippen LogP contribution in [0.25, 0.3) is 16.9 Å². The van der Waals surface area contributed by atoms with Gasteiger partial charge in [0.15, 0.2) is 0 Å². The summed E-state index contributed by atoms with van der Waals surface area (Å²) in [5, 5.41) is 10.3. The van der Waals surface area contributed by atoms with Crippen LogP contribution in [-0.2, 0) is 6.18 Å². The van der Waals surface area contributed by atoms with Crippen molar-refractivity contribution in [3.05, 3.63) is 94.1 Å². The molecule has 0 unspecified atom stereocenters. The minimum Gasteiger partial charge on any atom is -0.497 e. The minimum absolute atomic E-state index is 0.339. The highest BCUT2D eigenvalue weighted by Crippen LogP contribution is 2.31. The Morgan fingerprint density at radius 1 is 0.912 bits per heavy atom. The Morgan fingerprint density at radius 2 is 1.71 bits per heavy atom. The second-order valence-electron chi connectivity index (χ2n) is 7.11. The van der Waals surface area contributed by atoms with Crippen molar-refractivity contribution in [1.29, 1.82) is 0 Å². The summed E-state index contributed by atoms with van der Waals surface area (Å²) < 4.78 is 52.4. The fourth-order valence-electron chi connectivity index (χ4n) is 3.33. The maximum absolute atomic E-state index is 13.4. The third kappa shape index (κ3) is 5.04. The van der Waals surface area contributed by atoms with E-state index in [1.54, 1.807) is 35.9 Å². The van der Waals surface area contributed by atoms with Crippen molar-refractivity contribution in [2.24, 2.45) is 10.2 Å². The highest BCUT2D eigenvalue weighted by atomic mass is 32.1. The van der Waals surface area contributed by atoms with Crippen molar-refractivity contribution in [3.8, 4) is 28.4 Å². The van der Waals surface area contributed by atoms with Crippen LogP contribution < -0.4 is 14.3 Å². The summed E-state index contributed by atoms with van der Waals surface area (Å²) in [5.41, 5.74) is 1.84. The van der Waals surface area contributed by atoms with Crippen molar-refractivity contribution in [2.45, 2.75) is 6.18 Å². The van der Waals surface area contributed by atoms with Gasteiger partial charge in [0.25, 0.3) is 0 Å². The highest BCUT2D eigenvalue weighted by Gasteiger charge is 2.30. The molecule has 0 saturated heterocycles. The van der Waals surface area contributed by atoms with Crippen LogP contribution in [0.15, 0.2) is 88.4 Å². The molecule has 1 aromatic heterocycles. The van der Waals surface area contributed by atoms with Gasteiger partial charge in [0.1, 0.15) is 11.5 Å². The van der Waals surface area contributed by atoms with E-state index in [0.29, 0.717) is 33.2 Å². The summed E-state index contributed by atoms with van der Waals surface area (Å²) in [6.45, 7) is 0. The second kappa shape index (κ2) is 9.96. The first-order chi connectivity index (χ1) is 16.4. The third-order valence-electron chi connectivity index (χ3n) is 4.99. The molecular formula is C25H20F3N3O2S. The van der Waals surface area contributed by atoms with Gasteiger partial charge in [0.05, 0.1) is 31.7 Å². The first-order valence-corrected chi connectivity index (χ1v) is 11.0. The van der Waals surface area contributed by atoms with E-state index in [9.17, 15) is 13.2 Å². The monoisotopic (exact) mass is 483 g/mol. The van der Waals surface area contributed by atoms with Crippen LogP contribution in [0, 0.1) is 0 Å². The molecule has 0 atom stereocenters. The number of hydrogen-bond donors (Lipinski definition) is 0. The molecule has 0 amide bonds. The standard InChI is InChI=1S/C25H20F3N3O2S/c1-32-21-12-11-18(23(14-21)33-2)15-29-30-24-31(20-10-6-9-19(13-20)25(26,27)28)22(16-34-24)17-7-4-3-5-8-17/h3-16H,1-2H3/b29-15+,30-24+. The zero-order valence-corrected chi connectivity index (χ0v) is 19.1. The lowest BCUT2D eigenvalue weighted by Gasteiger charge is -2.12. The van der Waals surface area contributed by atoms with Crippen LogP contribution in [0.4, 0.5) is 13.2 Å². The number of methoxy groups -OCH3 is 2. The Balaban J connectivity index is 1.82. The van der Waals surface area contributed by atoms with Gasteiger partial charge in [-0.15, -0.1) is 16.4 Å². The molecule has 0 N–H and O–H groups in total. The Labute approximate surface area is 198 Å². The number of rotatable bonds is 6. The molecule has 174 valence electrons. The van der Waals surface area contributed by atoms with E-state index < -0.39 is 11.7 Å². The summed E-state index contributed by atoms with van der Waals surface area (Å²) in [6, 6.07) is 19.8.